The summed E-state index contributed by atoms with van der Waals surface area (Å²) in [7, 11) is 3.30. The molecule has 0 saturated carbocycles. The average Bonchev–Trinajstić information content (AvgIpc) is 2.74. The minimum atomic E-state index is 0.716. The molecule has 3 aromatic carbocycles. The van der Waals surface area contributed by atoms with Crippen molar-refractivity contribution in [1.82, 2.24) is 0 Å². The Hall–Kier alpha value is -3.27. The summed E-state index contributed by atoms with van der Waals surface area (Å²) in [5, 5.41) is 6.96. The van der Waals surface area contributed by atoms with Crippen LogP contribution in [0.25, 0.3) is 0 Å². The molecule has 4 heteroatoms. The molecule has 0 radical (unpaired) electrons. The Morgan fingerprint density at radius 2 is 1.43 bits per heavy atom. The first kappa shape index (κ1) is 19.5. The molecular weight excluding hydrogens is 348 g/mol. The predicted molar refractivity (Wildman–Crippen MR) is 115 cm³/mol. The van der Waals surface area contributed by atoms with Gasteiger partial charge >= 0.3 is 0 Å². The van der Waals surface area contributed by atoms with Gasteiger partial charge in [0.2, 0.25) is 0 Å². The van der Waals surface area contributed by atoms with Gasteiger partial charge in [0.15, 0.2) is 11.5 Å². The van der Waals surface area contributed by atoms with Crippen molar-refractivity contribution < 1.29 is 9.47 Å². The number of hydrogen-bond acceptors (Lipinski definition) is 4. The number of para-hydroxylation sites is 1. The highest BCUT2D eigenvalue weighted by Crippen LogP contribution is 2.28. The summed E-state index contributed by atoms with van der Waals surface area (Å²) in [5.41, 5.74) is 4.44. The fourth-order valence-electron chi connectivity index (χ4n) is 3.07. The second kappa shape index (κ2) is 9.60. The number of methoxy groups -OCH3 is 2. The molecule has 0 unspecified atom stereocenters. The van der Waals surface area contributed by atoms with E-state index in [9.17, 15) is 0 Å². The Bertz CT molecular complexity index is 908. The maximum atomic E-state index is 5.41. The molecule has 4 nitrogen and oxygen atoms in total. The molecule has 0 aromatic heterocycles. The highest BCUT2D eigenvalue weighted by Gasteiger charge is 2.09. The molecule has 144 valence electrons. The van der Waals surface area contributed by atoms with Crippen molar-refractivity contribution in [3.05, 3.63) is 90.0 Å². The number of ether oxygens (including phenoxy) is 2. The lowest BCUT2D eigenvalue weighted by Gasteiger charge is -2.21. The summed E-state index contributed by atoms with van der Waals surface area (Å²) >= 11 is 0. The number of rotatable bonds is 8. The molecule has 0 fully saturated rings. The molecule has 0 aliphatic rings. The zero-order valence-corrected chi connectivity index (χ0v) is 16.6. The zero-order chi connectivity index (χ0) is 19.8. The van der Waals surface area contributed by atoms with Gasteiger partial charge in [0, 0.05) is 12.1 Å². The van der Waals surface area contributed by atoms with Gasteiger partial charge in [-0.05, 0) is 42.3 Å². The van der Waals surface area contributed by atoms with Crippen molar-refractivity contribution >= 4 is 11.4 Å². The summed E-state index contributed by atoms with van der Waals surface area (Å²) < 4.78 is 10.7. The molecule has 28 heavy (non-hydrogen) atoms. The molecular formula is C24H26N2O2. The first-order valence-corrected chi connectivity index (χ1v) is 9.31. The van der Waals surface area contributed by atoms with E-state index in [1.807, 2.05) is 47.5 Å². The highest BCUT2D eigenvalue weighted by molar-refractivity contribution is 5.85. The van der Waals surface area contributed by atoms with Crippen LogP contribution in [0.15, 0.2) is 84.0 Å². The molecule has 0 amide bonds. The Kier molecular flexibility index (Phi) is 6.68. The van der Waals surface area contributed by atoms with Gasteiger partial charge in [-0.3, -0.25) is 5.01 Å². The van der Waals surface area contributed by atoms with Crippen LogP contribution >= 0.6 is 0 Å². The van der Waals surface area contributed by atoms with Gasteiger partial charge in [-0.15, -0.1) is 0 Å². The van der Waals surface area contributed by atoms with Crippen molar-refractivity contribution in [2.24, 2.45) is 5.10 Å². The third-order valence-electron chi connectivity index (χ3n) is 4.43. The number of hydrogen-bond donors (Lipinski definition) is 0. The topological polar surface area (TPSA) is 34.1 Å². The highest BCUT2D eigenvalue weighted by atomic mass is 16.5. The van der Waals surface area contributed by atoms with Crippen LogP contribution in [0.3, 0.4) is 0 Å². The van der Waals surface area contributed by atoms with Gasteiger partial charge < -0.3 is 9.47 Å². The Labute approximate surface area is 167 Å². The van der Waals surface area contributed by atoms with Crippen LogP contribution in [-0.4, -0.2) is 19.9 Å². The Morgan fingerprint density at radius 1 is 0.786 bits per heavy atom. The summed E-state index contributed by atoms with van der Waals surface area (Å²) in [6, 6.07) is 26.6. The standard InChI is InChI=1S/C24H26N2O2/c1-19(16-21-14-15-23(27-2)24(17-21)28-3)25-26(22-12-8-5-9-13-22)18-20-10-6-4-7-11-20/h4-15,17H,16,18H2,1-3H3. The zero-order valence-electron chi connectivity index (χ0n) is 16.6. The van der Waals surface area contributed by atoms with E-state index in [0.29, 0.717) is 6.54 Å². The number of nitrogens with zero attached hydrogens (tertiary/aromatic N) is 2. The van der Waals surface area contributed by atoms with Crippen molar-refractivity contribution in [2.45, 2.75) is 19.9 Å². The summed E-state index contributed by atoms with van der Waals surface area (Å²) in [4.78, 5) is 0. The van der Waals surface area contributed by atoms with Crippen molar-refractivity contribution in [3.8, 4) is 11.5 Å². The van der Waals surface area contributed by atoms with Crippen molar-refractivity contribution in [1.29, 1.82) is 0 Å². The Morgan fingerprint density at radius 3 is 2.07 bits per heavy atom. The molecule has 0 heterocycles. The smallest absolute Gasteiger partial charge is 0.160 e. The lowest BCUT2D eigenvalue weighted by atomic mass is 10.1. The monoisotopic (exact) mass is 374 g/mol. The Balaban J connectivity index is 1.83. The number of anilines is 1. The summed E-state index contributed by atoms with van der Waals surface area (Å²) in [6.45, 7) is 2.77. The maximum Gasteiger partial charge on any atom is 0.160 e. The maximum absolute atomic E-state index is 5.41. The fourth-order valence-corrected chi connectivity index (χ4v) is 3.07. The van der Waals surface area contributed by atoms with E-state index in [1.165, 1.54) is 5.56 Å². The minimum Gasteiger partial charge on any atom is -0.493 e. The van der Waals surface area contributed by atoms with E-state index >= 15 is 0 Å². The van der Waals surface area contributed by atoms with Crippen molar-refractivity contribution in [3.63, 3.8) is 0 Å². The molecule has 0 aliphatic carbocycles. The van der Waals surface area contributed by atoms with Crippen LogP contribution in [-0.2, 0) is 13.0 Å². The van der Waals surface area contributed by atoms with E-state index in [4.69, 9.17) is 14.6 Å². The quantitative estimate of drug-likeness (QED) is 0.395. The third kappa shape index (κ3) is 5.13. The average molecular weight is 374 g/mol. The van der Waals surface area contributed by atoms with Crippen LogP contribution in [0.2, 0.25) is 0 Å². The van der Waals surface area contributed by atoms with Gasteiger partial charge in [0.05, 0.1) is 26.5 Å². The summed E-state index contributed by atoms with van der Waals surface area (Å²) in [5.74, 6) is 1.47. The van der Waals surface area contributed by atoms with E-state index in [-0.39, 0.29) is 0 Å². The first-order valence-electron chi connectivity index (χ1n) is 9.31. The molecule has 0 bridgehead atoms. The van der Waals surface area contributed by atoms with Gasteiger partial charge in [-0.25, -0.2) is 0 Å². The molecule has 0 spiro atoms. The van der Waals surface area contributed by atoms with E-state index < -0.39 is 0 Å². The molecule has 0 aliphatic heterocycles. The molecule has 0 saturated heterocycles. The van der Waals surface area contributed by atoms with E-state index in [0.717, 1.165) is 34.9 Å². The second-order valence-electron chi connectivity index (χ2n) is 6.58. The first-order chi connectivity index (χ1) is 13.7. The van der Waals surface area contributed by atoms with Gasteiger partial charge in [-0.2, -0.15) is 5.10 Å². The van der Waals surface area contributed by atoms with Gasteiger partial charge in [0.25, 0.3) is 0 Å². The van der Waals surface area contributed by atoms with E-state index in [2.05, 4.69) is 43.3 Å². The van der Waals surface area contributed by atoms with Crippen LogP contribution in [0.5, 0.6) is 11.5 Å². The molecule has 3 aromatic rings. The van der Waals surface area contributed by atoms with Crippen LogP contribution in [0.1, 0.15) is 18.1 Å². The largest absolute Gasteiger partial charge is 0.493 e. The van der Waals surface area contributed by atoms with Crippen LogP contribution in [0.4, 0.5) is 5.69 Å². The van der Waals surface area contributed by atoms with E-state index in [1.54, 1.807) is 14.2 Å². The van der Waals surface area contributed by atoms with Crippen molar-refractivity contribution in [2.75, 3.05) is 19.2 Å². The van der Waals surface area contributed by atoms with Crippen LogP contribution in [0, 0.1) is 0 Å². The number of hydrazone groups is 1. The SMILES string of the molecule is COc1ccc(CC(C)=NN(Cc2ccccc2)c2ccccc2)cc1OC. The molecule has 0 N–H and O–H groups in total. The van der Waals surface area contributed by atoms with Gasteiger partial charge in [0.1, 0.15) is 0 Å². The van der Waals surface area contributed by atoms with Gasteiger partial charge in [-0.1, -0.05) is 54.6 Å². The summed E-state index contributed by atoms with van der Waals surface area (Å²) in [6.07, 6.45) is 0.735. The van der Waals surface area contributed by atoms with Crippen LogP contribution < -0.4 is 14.5 Å². The normalized spacial score (nSPS) is 11.2. The lowest BCUT2D eigenvalue weighted by molar-refractivity contribution is 0.354. The fraction of sp³-hybridized carbons (Fsp3) is 0.208. The molecule has 0 atom stereocenters. The second-order valence-corrected chi connectivity index (χ2v) is 6.58. The predicted octanol–water partition coefficient (Wildman–Crippen LogP) is 5.33. The molecule has 3 rings (SSSR count). The number of benzene rings is 3. The third-order valence-corrected chi connectivity index (χ3v) is 4.43. The minimum absolute atomic E-state index is 0.716. The lowest BCUT2D eigenvalue weighted by Crippen LogP contribution is -2.18.